The van der Waals surface area contributed by atoms with Crippen molar-refractivity contribution < 1.29 is 0 Å². The summed E-state index contributed by atoms with van der Waals surface area (Å²) < 4.78 is 0. The first-order valence-corrected chi connectivity index (χ1v) is 9.94. The summed E-state index contributed by atoms with van der Waals surface area (Å²) in [5.41, 5.74) is 2.25. The Labute approximate surface area is 170 Å². The monoisotopic (exact) mass is 393 g/mol. The predicted octanol–water partition coefficient (Wildman–Crippen LogP) is 4.20. The number of nitrogens with one attached hydrogen (secondary N) is 1. The number of fused-ring (bicyclic) bond motifs is 1. The van der Waals surface area contributed by atoms with E-state index in [1.54, 1.807) is 0 Å². The number of rotatable bonds is 6. The Morgan fingerprint density at radius 1 is 1.00 bits per heavy atom. The van der Waals surface area contributed by atoms with Gasteiger partial charge >= 0.3 is 0 Å². The minimum Gasteiger partial charge on any atom is -0.366 e. The molecule has 0 saturated carbocycles. The van der Waals surface area contributed by atoms with Crippen LogP contribution in [0, 0.1) is 0 Å². The number of nitrogens with zero attached hydrogens (tertiary/aromatic N) is 4. The molecule has 0 bridgehead atoms. The van der Waals surface area contributed by atoms with Crippen molar-refractivity contribution in [2.75, 3.05) is 42.9 Å². The van der Waals surface area contributed by atoms with Crippen molar-refractivity contribution in [1.29, 1.82) is 0 Å². The van der Waals surface area contributed by atoms with Gasteiger partial charge in [-0.05, 0) is 29.8 Å². The summed E-state index contributed by atoms with van der Waals surface area (Å²) in [6.45, 7) is 9.18. The lowest BCUT2D eigenvalue weighted by atomic mass is 10.2. The number of para-hydroxylation sites is 1. The van der Waals surface area contributed by atoms with E-state index in [1.807, 2.05) is 36.4 Å². The van der Waals surface area contributed by atoms with Crippen LogP contribution in [0.1, 0.15) is 5.56 Å². The molecule has 0 amide bonds. The topological polar surface area (TPSA) is 44.3 Å². The Hall–Kier alpha value is -2.63. The summed E-state index contributed by atoms with van der Waals surface area (Å²) in [5.74, 6) is 1.65. The first-order chi connectivity index (χ1) is 13.7. The third-order valence-corrected chi connectivity index (χ3v) is 5.23. The van der Waals surface area contributed by atoms with Gasteiger partial charge in [0.05, 0.1) is 5.52 Å². The van der Waals surface area contributed by atoms with Crippen LogP contribution in [0.3, 0.4) is 0 Å². The summed E-state index contributed by atoms with van der Waals surface area (Å²) in [4.78, 5) is 14.3. The molecule has 1 aromatic heterocycles. The molecule has 28 heavy (non-hydrogen) atoms. The Balaban J connectivity index is 1.47. The molecule has 4 rings (SSSR count). The lowest BCUT2D eigenvalue weighted by molar-refractivity contribution is 0.249. The van der Waals surface area contributed by atoms with Crippen LogP contribution in [0.25, 0.3) is 10.9 Å². The van der Waals surface area contributed by atoms with Gasteiger partial charge in [0.1, 0.15) is 5.82 Å². The molecule has 1 aliphatic rings. The number of halogens is 1. The molecular weight excluding hydrogens is 370 g/mol. The molecule has 0 aliphatic carbocycles. The van der Waals surface area contributed by atoms with E-state index in [4.69, 9.17) is 21.6 Å². The highest BCUT2D eigenvalue weighted by molar-refractivity contribution is 6.30. The van der Waals surface area contributed by atoms with Crippen molar-refractivity contribution in [3.8, 4) is 0 Å². The highest BCUT2D eigenvalue weighted by atomic mass is 35.5. The van der Waals surface area contributed by atoms with Gasteiger partial charge in [-0.15, -0.1) is 6.58 Å². The van der Waals surface area contributed by atoms with Crippen molar-refractivity contribution in [2.45, 2.75) is 6.54 Å². The molecule has 1 aliphatic heterocycles. The molecule has 2 heterocycles. The number of aromatic nitrogens is 2. The minimum absolute atomic E-state index is 0.676. The SMILES string of the molecule is C=CCNc1nc(N2CCN(Cc3ccc(Cl)cc3)CC2)nc2ccccc12. The summed E-state index contributed by atoms with van der Waals surface area (Å²) >= 11 is 5.98. The number of hydrogen-bond donors (Lipinski definition) is 1. The number of hydrogen-bond acceptors (Lipinski definition) is 5. The van der Waals surface area contributed by atoms with Crippen LogP contribution in [-0.4, -0.2) is 47.6 Å². The van der Waals surface area contributed by atoms with E-state index in [2.05, 4.69) is 39.9 Å². The molecule has 2 aromatic carbocycles. The average molecular weight is 394 g/mol. The number of anilines is 2. The molecule has 1 N–H and O–H groups in total. The van der Waals surface area contributed by atoms with Crippen LogP contribution in [0.2, 0.25) is 5.02 Å². The highest BCUT2D eigenvalue weighted by Gasteiger charge is 2.20. The minimum atomic E-state index is 0.676. The molecule has 144 valence electrons. The highest BCUT2D eigenvalue weighted by Crippen LogP contribution is 2.24. The molecule has 0 radical (unpaired) electrons. The Kier molecular flexibility index (Phi) is 5.74. The van der Waals surface area contributed by atoms with Gasteiger partial charge in [0, 0.05) is 49.7 Å². The van der Waals surface area contributed by atoms with Crippen LogP contribution in [0.4, 0.5) is 11.8 Å². The second-order valence-corrected chi connectivity index (χ2v) is 7.39. The summed E-state index contributed by atoms with van der Waals surface area (Å²) in [7, 11) is 0. The van der Waals surface area contributed by atoms with Gasteiger partial charge < -0.3 is 10.2 Å². The van der Waals surface area contributed by atoms with Crippen LogP contribution >= 0.6 is 11.6 Å². The molecule has 1 fully saturated rings. The van der Waals surface area contributed by atoms with Gasteiger partial charge in [0.15, 0.2) is 0 Å². The predicted molar refractivity (Wildman–Crippen MR) is 117 cm³/mol. The summed E-state index contributed by atoms with van der Waals surface area (Å²) in [5, 5.41) is 5.16. The maximum absolute atomic E-state index is 5.98. The van der Waals surface area contributed by atoms with Gasteiger partial charge in [-0.2, -0.15) is 4.98 Å². The summed E-state index contributed by atoms with van der Waals surface area (Å²) in [6, 6.07) is 16.2. The second kappa shape index (κ2) is 8.59. The molecule has 0 atom stereocenters. The standard InChI is InChI=1S/C22H24ClN5/c1-2-11-24-21-19-5-3-4-6-20(19)25-22(26-21)28-14-12-27(13-15-28)16-17-7-9-18(23)10-8-17/h2-10H,1,11-16H2,(H,24,25,26). The zero-order valence-electron chi connectivity index (χ0n) is 15.8. The van der Waals surface area contributed by atoms with Crippen LogP contribution < -0.4 is 10.2 Å². The zero-order valence-corrected chi connectivity index (χ0v) is 16.6. The van der Waals surface area contributed by atoms with Crippen molar-refractivity contribution in [3.63, 3.8) is 0 Å². The van der Waals surface area contributed by atoms with Crippen molar-refractivity contribution in [3.05, 3.63) is 71.8 Å². The van der Waals surface area contributed by atoms with E-state index in [0.717, 1.165) is 60.4 Å². The van der Waals surface area contributed by atoms with Gasteiger partial charge in [-0.3, -0.25) is 4.90 Å². The lowest BCUT2D eigenvalue weighted by Gasteiger charge is -2.35. The van der Waals surface area contributed by atoms with E-state index in [0.29, 0.717) is 6.54 Å². The van der Waals surface area contributed by atoms with E-state index in [9.17, 15) is 0 Å². The smallest absolute Gasteiger partial charge is 0.227 e. The molecule has 3 aromatic rings. The van der Waals surface area contributed by atoms with E-state index in [1.165, 1.54) is 5.56 Å². The van der Waals surface area contributed by atoms with Crippen molar-refractivity contribution in [1.82, 2.24) is 14.9 Å². The average Bonchev–Trinajstić information content (AvgIpc) is 2.74. The molecular formula is C22H24ClN5. The molecule has 0 unspecified atom stereocenters. The fourth-order valence-corrected chi connectivity index (χ4v) is 3.59. The molecule has 1 saturated heterocycles. The van der Waals surface area contributed by atoms with E-state index < -0.39 is 0 Å². The maximum Gasteiger partial charge on any atom is 0.227 e. The third-order valence-electron chi connectivity index (χ3n) is 4.98. The largest absolute Gasteiger partial charge is 0.366 e. The van der Waals surface area contributed by atoms with Gasteiger partial charge in [0.25, 0.3) is 0 Å². The van der Waals surface area contributed by atoms with Crippen LogP contribution in [0.5, 0.6) is 0 Å². The Bertz CT molecular complexity index is 949. The van der Waals surface area contributed by atoms with Gasteiger partial charge in [0.2, 0.25) is 5.95 Å². The maximum atomic E-state index is 5.98. The summed E-state index contributed by atoms with van der Waals surface area (Å²) in [6.07, 6.45) is 1.84. The zero-order chi connectivity index (χ0) is 19.3. The van der Waals surface area contributed by atoms with E-state index in [-0.39, 0.29) is 0 Å². The van der Waals surface area contributed by atoms with Crippen molar-refractivity contribution >= 4 is 34.3 Å². The lowest BCUT2D eigenvalue weighted by Crippen LogP contribution is -2.46. The first-order valence-electron chi connectivity index (χ1n) is 9.56. The number of piperazine rings is 1. The molecule has 6 heteroatoms. The molecule has 5 nitrogen and oxygen atoms in total. The van der Waals surface area contributed by atoms with E-state index >= 15 is 0 Å². The Morgan fingerprint density at radius 2 is 1.75 bits per heavy atom. The van der Waals surface area contributed by atoms with Crippen LogP contribution in [0.15, 0.2) is 61.2 Å². The quantitative estimate of drug-likeness (QED) is 0.636. The van der Waals surface area contributed by atoms with Gasteiger partial charge in [-0.1, -0.05) is 41.9 Å². The fourth-order valence-electron chi connectivity index (χ4n) is 3.46. The van der Waals surface area contributed by atoms with Crippen molar-refractivity contribution in [2.24, 2.45) is 0 Å². The Morgan fingerprint density at radius 3 is 2.50 bits per heavy atom. The molecule has 0 spiro atoms. The van der Waals surface area contributed by atoms with Gasteiger partial charge in [-0.25, -0.2) is 4.98 Å². The second-order valence-electron chi connectivity index (χ2n) is 6.95. The van der Waals surface area contributed by atoms with Crippen LogP contribution in [-0.2, 0) is 6.54 Å². The third kappa shape index (κ3) is 4.26. The number of benzene rings is 2. The normalized spacial score (nSPS) is 15.0. The first kappa shape index (κ1) is 18.7. The fraction of sp³-hybridized carbons (Fsp3) is 0.273.